The molecule has 7 unspecified atom stereocenters. The number of hydrogen-bond acceptors (Lipinski definition) is 8. The van der Waals surface area contributed by atoms with Crippen molar-refractivity contribution in [2.75, 3.05) is 13.2 Å². The third-order valence-electron chi connectivity index (χ3n) is 12.8. The predicted octanol–water partition coefficient (Wildman–Crippen LogP) is 13.3. The minimum absolute atomic E-state index is 0.194. The minimum atomic E-state index is -1.57. The fourth-order valence-electron chi connectivity index (χ4n) is 8.44. The van der Waals surface area contributed by atoms with Crippen LogP contribution in [0.3, 0.4) is 0 Å². The summed E-state index contributed by atoms with van der Waals surface area (Å²) in [6.07, 6.45) is 58.8. The number of nitrogens with one attached hydrogen (secondary N) is 1. The number of rotatable bonds is 46. The first kappa shape index (κ1) is 62.6. The van der Waals surface area contributed by atoms with Gasteiger partial charge in [-0.1, -0.05) is 221 Å². The monoisotopic (exact) mass is 942 g/mol. The Bertz CT molecular complexity index is 1280. The summed E-state index contributed by atoms with van der Waals surface area (Å²) in [5.41, 5.74) is 0. The summed E-state index contributed by atoms with van der Waals surface area (Å²) in [6, 6.07) is -0.827. The van der Waals surface area contributed by atoms with Crippen molar-refractivity contribution in [2.45, 2.75) is 275 Å². The van der Waals surface area contributed by atoms with Gasteiger partial charge in [0, 0.05) is 6.42 Å². The van der Waals surface area contributed by atoms with Crippen LogP contribution >= 0.6 is 0 Å². The molecule has 0 radical (unpaired) electrons. The third kappa shape index (κ3) is 37.2. The van der Waals surface area contributed by atoms with Gasteiger partial charge in [-0.25, -0.2) is 0 Å². The van der Waals surface area contributed by atoms with Gasteiger partial charge in [-0.3, -0.25) is 4.79 Å². The van der Waals surface area contributed by atoms with Crippen LogP contribution < -0.4 is 5.32 Å². The molecule has 1 aliphatic rings. The summed E-state index contributed by atoms with van der Waals surface area (Å²) in [4.78, 5) is 13.0. The molecule has 6 N–H and O–H groups in total. The molecule has 1 amide bonds. The molecule has 0 aliphatic carbocycles. The Morgan fingerprint density at radius 1 is 0.537 bits per heavy atom. The van der Waals surface area contributed by atoms with Crippen molar-refractivity contribution in [3.05, 3.63) is 72.9 Å². The third-order valence-corrected chi connectivity index (χ3v) is 12.8. The summed E-state index contributed by atoms with van der Waals surface area (Å²) >= 11 is 0. The standard InChI is InChI=1S/C58H103NO8/c1-3-5-7-9-11-13-14-15-16-17-18-19-20-21-22-23-24-25-26-27-28-29-30-31-32-33-34-35-36-37-38-40-42-44-46-48-54(62)59-51(52(61)47-45-43-41-39-12-10-8-6-4-2)50-66-58-57(65)56(64)55(63)53(49-60)67-58/h4,6,12,14-15,17-18,20-21,39,45,47,51-53,55-58,60-61,63-65H,3,5,7-11,13,16,19,22-38,40-44,46,48-50H2,1-2H3,(H,59,62)/b6-4+,15-14-,18-17-,21-20-,39-12+,47-45+. The van der Waals surface area contributed by atoms with Crippen LogP contribution in [0.4, 0.5) is 0 Å². The molecular weight excluding hydrogens is 839 g/mol. The molecule has 1 rings (SSSR count). The summed E-state index contributed by atoms with van der Waals surface area (Å²) in [5, 5.41) is 54.1. The van der Waals surface area contributed by atoms with E-state index >= 15 is 0 Å². The normalized spacial score (nSPS) is 20.3. The van der Waals surface area contributed by atoms with Gasteiger partial charge in [-0.2, -0.15) is 0 Å². The second-order valence-electron chi connectivity index (χ2n) is 19.0. The quantitative estimate of drug-likeness (QED) is 0.0261. The van der Waals surface area contributed by atoms with Gasteiger partial charge in [0.25, 0.3) is 0 Å². The van der Waals surface area contributed by atoms with E-state index in [0.29, 0.717) is 6.42 Å². The Morgan fingerprint density at radius 3 is 1.43 bits per heavy atom. The van der Waals surface area contributed by atoms with E-state index in [-0.39, 0.29) is 12.5 Å². The van der Waals surface area contributed by atoms with Crippen LogP contribution in [0.5, 0.6) is 0 Å². The largest absolute Gasteiger partial charge is 0.394 e. The summed E-state index contributed by atoms with van der Waals surface area (Å²) in [6.45, 7) is 3.50. The number of amides is 1. The van der Waals surface area contributed by atoms with Gasteiger partial charge < -0.3 is 40.3 Å². The Morgan fingerprint density at radius 2 is 0.955 bits per heavy atom. The highest BCUT2D eigenvalue weighted by atomic mass is 16.7. The minimum Gasteiger partial charge on any atom is -0.394 e. The van der Waals surface area contributed by atoms with Gasteiger partial charge in [0.2, 0.25) is 5.91 Å². The number of hydrogen-bond donors (Lipinski definition) is 6. The summed E-state index contributed by atoms with van der Waals surface area (Å²) < 4.78 is 11.2. The highest BCUT2D eigenvalue weighted by Crippen LogP contribution is 2.23. The van der Waals surface area contributed by atoms with E-state index in [4.69, 9.17) is 9.47 Å². The molecule has 0 aromatic heterocycles. The van der Waals surface area contributed by atoms with Crippen molar-refractivity contribution in [1.82, 2.24) is 5.32 Å². The molecule has 388 valence electrons. The van der Waals surface area contributed by atoms with Crippen LogP contribution in [0.25, 0.3) is 0 Å². The number of ether oxygens (including phenoxy) is 2. The van der Waals surface area contributed by atoms with E-state index in [1.54, 1.807) is 6.08 Å². The number of allylic oxidation sites excluding steroid dienone is 11. The molecule has 1 saturated heterocycles. The second-order valence-corrected chi connectivity index (χ2v) is 19.0. The van der Waals surface area contributed by atoms with Crippen LogP contribution in [0.2, 0.25) is 0 Å². The Hall–Kier alpha value is -2.37. The highest BCUT2D eigenvalue weighted by Gasteiger charge is 2.44. The van der Waals surface area contributed by atoms with Gasteiger partial charge in [0.1, 0.15) is 24.4 Å². The lowest BCUT2D eigenvalue weighted by atomic mass is 9.99. The van der Waals surface area contributed by atoms with Crippen molar-refractivity contribution in [3.8, 4) is 0 Å². The molecule has 0 saturated carbocycles. The van der Waals surface area contributed by atoms with Crippen molar-refractivity contribution >= 4 is 5.91 Å². The van der Waals surface area contributed by atoms with E-state index in [2.05, 4.69) is 66.9 Å². The lowest BCUT2D eigenvalue weighted by Gasteiger charge is -2.40. The SMILES string of the molecule is C/C=C/CC/C=C/CC/C=C/C(O)C(COC1OC(CO)C(O)C(O)C1O)NC(=O)CCCCCCCCCCCCCCCCCCCCCC/C=C\C/C=C\C/C=C\CCCCCCC. The highest BCUT2D eigenvalue weighted by molar-refractivity contribution is 5.76. The van der Waals surface area contributed by atoms with Gasteiger partial charge in [0.15, 0.2) is 6.29 Å². The number of carbonyl (C=O) groups is 1. The van der Waals surface area contributed by atoms with Gasteiger partial charge in [-0.15, -0.1) is 0 Å². The van der Waals surface area contributed by atoms with Gasteiger partial charge in [-0.05, 0) is 77.6 Å². The Kier molecular flexibility index (Phi) is 44.2. The fraction of sp³-hybridized carbons (Fsp3) is 0.776. The van der Waals surface area contributed by atoms with Crippen LogP contribution in [0, 0.1) is 0 Å². The van der Waals surface area contributed by atoms with Crippen LogP contribution in [0.15, 0.2) is 72.9 Å². The zero-order valence-corrected chi connectivity index (χ0v) is 42.9. The molecule has 9 nitrogen and oxygen atoms in total. The lowest BCUT2D eigenvalue weighted by Crippen LogP contribution is -2.60. The number of aliphatic hydroxyl groups is 5. The maximum atomic E-state index is 13.0. The first-order chi connectivity index (χ1) is 32.8. The number of aliphatic hydroxyl groups excluding tert-OH is 5. The van der Waals surface area contributed by atoms with E-state index in [1.165, 1.54) is 154 Å². The first-order valence-electron chi connectivity index (χ1n) is 27.6. The van der Waals surface area contributed by atoms with Crippen LogP contribution in [0.1, 0.15) is 232 Å². The number of unbranched alkanes of at least 4 members (excludes halogenated alkanes) is 27. The maximum absolute atomic E-state index is 13.0. The maximum Gasteiger partial charge on any atom is 0.220 e. The van der Waals surface area contributed by atoms with Crippen molar-refractivity contribution in [1.29, 1.82) is 0 Å². The lowest BCUT2D eigenvalue weighted by molar-refractivity contribution is -0.302. The topological polar surface area (TPSA) is 149 Å². The smallest absolute Gasteiger partial charge is 0.220 e. The average molecular weight is 942 g/mol. The molecule has 67 heavy (non-hydrogen) atoms. The van der Waals surface area contributed by atoms with Gasteiger partial charge in [0.05, 0.1) is 25.4 Å². The summed E-state index contributed by atoms with van der Waals surface area (Å²) in [7, 11) is 0. The Labute approximate surface area is 410 Å². The molecule has 1 heterocycles. The molecule has 1 fully saturated rings. The predicted molar refractivity (Wildman–Crippen MR) is 281 cm³/mol. The van der Waals surface area contributed by atoms with Crippen LogP contribution in [-0.2, 0) is 14.3 Å². The molecule has 0 aromatic rings. The zero-order chi connectivity index (χ0) is 48.7. The molecule has 0 bridgehead atoms. The molecular formula is C58H103NO8. The molecule has 0 aromatic carbocycles. The fourth-order valence-corrected chi connectivity index (χ4v) is 8.44. The van der Waals surface area contributed by atoms with Gasteiger partial charge >= 0.3 is 0 Å². The molecule has 7 atom stereocenters. The average Bonchev–Trinajstić information content (AvgIpc) is 3.33. The number of carbonyl (C=O) groups excluding carboxylic acids is 1. The second kappa shape index (κ2) is 47.3. The summed E-state index contributed by atoms with van der Waals surface area (Å²) in [5.74, 6) is -0.194. The van der Waals surface area contributed by atoms with E-state index < -0.39 is 49.5 Å². The molecule has 0 spiro atoms. The van der Waals surface area contributed by atoms with E-state index in [0.717, 1.165) is 57.8 Å². The zero-order valence-electron chi connectivity index (χ0n) is 42.9. The van der Waals surface area contributed by atoms with E-state index in [9.17, 15) is 30.3 Å². The Balaban J connectivity index is 2.06. The van der Waals surface area contributed by atoms with Crippen molar-refractivity contribution in [3.63, 3.8) is 0 Å². The molecule has 1 aliphatic heterocycles. The van der Waals surface area contributed by atoms with Crippen LogP contribution in [-0.4, -0.2) is 87.5 Å². The first-order valence-corrected chi connectivity index (χ1v) is 27.6. The van der Waals surface area contributed by atoms with Crippen molar-refractivity contribution < 1.29 is 39.8 Å². The van der Waals surface area contributed by atoms with E-state index in [1.807, 2.05) is 19.1 Å². The molecule has 9 heteroatoms. The van der Waals surface area contributed by atoms with Crippen molar-refractivity contribution in [2.24, 2.45) is 0 Å².